The maximum atomic E-state index is 12.6. The van der Waals surface area contributed by atoms with Crippen LogP contribution < -0.4 is 10.9 Å². The van der Waals surface area contributed by atoms with E-state index in [0.29, 0.717) is 15.3 Å². The van der Waals surface area contributed by atoms with Gasteiger partial charge in [-0.05, 0) is 43.5 Å². The van der Waals surface area contributed by atoms with Crippen LogP contribution in [0.5, 0.6) is 0 Å². The number of aryl methyl sites for hydroxylation is 3. The van der Waals surface area contributed by atoms with Gasteiger partial charge in [0, 0.05) is 15.8 Å². The number of hydrogen-bond donors (Lipinski definition) is 1. The summed E-state index contributed by atoms with van der Waals surface area (Å²) in [4.78, 5) is 35.7. The Balaban J connectivity index is 1.50. The van der Waals surface area contributed by atoms with E-state index in [0.717, 1.165) is 22.6 Å². The van der Waals surface area contributed by atoms with Crippen molar-refractivity contribution in [2.45, 2.75) is 33.7 Å². The largest absolute Gasteiger partial charge is 0.300 e. The van der Waals surface area contributed by atoms with Crippen LogP contribution in [0, 0.1) is 13.8 Å². The molecule has 0 atom stereocenters. The number of fused-ring (bicyclic) bond motifs is 1. The quantitative estimate of drug-likeness (QED) is 0.515. The number of carbonyl (C=O) groups is 1. The molecule has 0 fully saturated rings. The number of rotatable bonds is 5. The number of benzene rings is 1. The van der Waals surface area contributed by atoms with Crippen LogP contribution in [-0.4, -0.2) is 20.4 Å². The van der Waals surface area contributed by atoms with E-state index in [2.05, 4.69) is 41.3 Å². The molecule has 0 saturated carbocycles. The number of aromatic nitrogens is 3. The van der Waals surface area contributed by atoms with Crippen molar-refractivity contribution in [1.29, 1.82) is 0 Å². The van der Waals surface area contributed by atoms with E-state index in [4.69, 9.17) is 0 Å². The van der Waals surface area contributed by atoms with E-state index in [1.807, 2.05) is 24.4 Å². The predicted molar refractivity (Wildman–Crippen MR) is 119 cm³/mol. The third kappa shape index (κ3) is 3.99. The lowest BCUT2D eigenvalue weighted by molar-refractivity contribution is -0.116. The molecule has 6 nitrogen and oxygen atoms in total. The summed E-state index contributed by atoms with van der Waals surface area (Å²) >= 11 is 2.87. The minimum Gasteiger partial charge on any atom is -0.300 e. The van der Waals surface area contributed by atoms with Crippen molar-refractivity contribution in [3.8, 4) is 11.3 Å². The van der Waals surface area contributed by atoms with Crippen LogP contribution in [0.15, 0.2) is 40.8 Å². The molecule has 29 heavy (non-hydrogen) atoms. The summed E-state index contributed by atoms with van der Waals surface area (Å²) in [7, 11) is 0. The van der Waals surface area contributed by atoms with Crippen LogP contribution in [-0.2, 0) is 17.8 Å². The first-order valence-corrected chi connectivity index (χ1v) is 10.9. The van der Waals surface area contributed by atoms with E-state index < -0.39 is 0 Å². The standard InChI is InChI=1S/C21H20N4O2S2/c1-4-15-8-16-19(29-15)22-11-25(20(16)27)9-18(26)24-21-23-17(10-28-21)14-6-5-12(2)13(3)7-14/h5-8,10-11H,4,9H2,1-3H3,(H,23,24,26). The third-order valence-electron chi connectivity index (χ3n) is 4.78. The summed E-state index contributed by atoms with van der Waals surface area (Å²) in [5.74, 6) is -0.305. The van der Waals surface area contributed by atoms with Gasteiger partial charge in [-0.3, -0.25) is 14.2 Å². The molecule has 0 saturated heterocycles. The summed E-state index contributed by atoms with van der Waals surface area (Å²) in [6.07, 6.45) is 2.29. The first-order valence-electron chi connectivity index (χ1n) is 9.25. The molecule has 3 aromatic heterocycles. The summed E-state index contributed by atoms with van der Waals surface area (Å²) in [6.45, 7) is 6.07. The number of thiazole rings is 1. The molecule has 8 heteroatoms. The zero-order valence-electron chi connectivity index (χ0n) is 16.4. The van der Waals surface area contributed by atoms with Gasteiger partial charge in [0.2, 0.25) is 5.91 Å². The SMILES string of the molecule is CCc1cc2c(=O)n(CC(=O)Nc3nc(-c4ccc(C)c(C)c4)cs3)cnc2s1. The highest BCUT2D eigenvalue weighted by Crippen LogP contribution is 2.26. The summed E-state index contributed by atoms with van der Waals surface area (Å²) in [6, 6.07) is 8.03. The number of amides is 1. The van der Waals surface area contributed by atoms with Crippen LogP contribution in [0.1, 0.15) is 22.9 Å². The van der Waals surface area contributed by atoms with E-state index in [-0.39, 0.29) is 18.0 Å². The van der Waals surface area contributed by atoms with Crippen LogP contribution in [0.2, 0.25) is 0 Å². The van der Waals surface area contributed by atoms with E-state index >= 15 is 0 Å². The molecule has 4 aromatic rings. The Hall–Kier alpha value is -2.84. The van der Waals surface area contributed by atoms with Crippen LogP contribution >= 0.6 is 22.7 Å². The third-order valence-corrected chi connectivity index (χ3v) is 6.73. The lowest BCUT2D eigenvalue weighted by atomic mass is 10.1. The lowest BCUT2D eigenvalue weighted by Crippen LogP contribution is -2.27. The highest BCUT2D eigenvalue weighted by Gasteiger charge is 2.13. The molecule has 148 valence electrons. The average molecular weight is 425 g/mol. The Morgan fingerprint density at radius 3 is 2.79 bits per heavy atom. The smallest absolute Gasteiger partial charge is 0.262 e. The molecule has 0 aliphatic rings. The van der Waals surface area contributed by atoms with Crippen molar-refractivity contribution in [2.24, 2.45) is 0 Å². The molecule has 0 aliphatic heterocycles. The van der Waals surface area contributed by atoms with Crippen molar-refractivity contribution in [1.82, 2.24) is 14.5 Å². The van der Waals surface area contributed by atoms with E-state index in [9.17, 15) is 9.59 Å². The Bertz CT molecular complexity index is 1270. The van der Waals surface area contributed by atoms with Crippen LogP contribution in [0.4, 0.5) is 5.13 Å². The second-order valence-electron chi connectivity index (χ2n) is 6.85. The van der Waals surface area contributed by atoms with Gasteiger partial charge in [0.1, 0.15) is 11.4 Å². The predicted octanol–water partition coefficient (Wildman–Crippen LogP) is 4.40. The molecule has 1 amide bonds. The molecule has 1 N–H and O–H groups in total. The first-order chi connectivity index (χ1) is 13.9. The van der Waals surface area contributed by atoms with Gasteiger partial charge in [0.15, 0.2) is 5.13 Å². The monoisotopic (exact) mass is 424 g/mol. The zero-order valence-corrected chi connectivity index (χ0v) is 18.0. The number of anilines is 1. The fourth-order valence-corrected chi connectivity index (χ4v) is 4.64. The van der Waals surface area contributed by atoms with Crippen molar-refractivity contribution in [3.63, 3.8) is 0 Å². The summed E-state index contributed by atoms with van der Waals surface area (Å²) < 4.78 is 1.33. The molecule has 0 unspecified atom stereocenters. The Labute approximate surface area is 175 Å². The number of hydrogen-bond acceptors (Lipinski definition) is 6. The van der Waals surface area contributed by atoms with Gasteiger partial charge in [-0.15, -0.1) is 22.7 Å². The van der Waals surface area contributed by atoms with Gasteiger partial charge < -0.3 is 5.32 Å². The minimum atomic E-state index is -0.305. The normalized spacial score (nSPS) is 11.1. The maximum absolute atomic E-state index is 12.6. The van der Waals surface area contributed by atoms with Gasteiger partial charge in [-0.2, -0.15) is 0 Å². The van der Waals surface area contributed by atoms with Gasteiger partial charge in [0.25, 0.3) is 5.56 Å². The van der Waals surface area contributed by atoms with E-state index in [1.165, 1.54) is 44.7 Å². The van der Waals surface area contributed by atoms with Crippen molar-refractivity contribution < 1.29 is 4.79 Å². The lowest BCUT2D eigenvalue weighted by Gasteiger charge is -2.05. The second-order valence-corrected chi connectivity index (χ2v) is 8.82. The Kier molecular flexibility index (Phi) is 5.29. The highest BCUT2D eigenvalue weighted by atomic mass is 32.1. The van der Waals surface area contributed by atoms with Crippen molar-refractivity contribution in [2.75, 3.05) is 5.32 Å². The van der Waals surface area contributed by atoms with Gasteiger partial charge in [-0.25, -0.2) is 9.97 Å². The fraction of sp³-hybridized carbons (Fsp3) is 0.238. The number of thiophene rings is 1. The Morgan fingerprint density at radius 1 is 1.21 bits per heavy atom. The van der Waals surface area contributed by atoms with Gasteiger partial charge in [0.05, 0.1) is 17.4 Å². The van der Waals surface area contributed by atoms with Crippen molar-refractivity contribution >= 4 is 43.9 Å². The molecule has 4 rings (SSSR count). The maximum Gasteiger partial charge on any atom is 0.262 e. The van der Waals surface area contributed by atoms with Crippen LogP contribution in [0.25, 0.3) is 21.5 Å². The molecular formula is C21H20N4O2S2. The number of nitrogens with zero attached hydrogens (tertiary/aromatic N) is 3. The topological polar surface area (TPSA) is 76.9 Å². The number of carbonyl (C=O) groups excluding carboxylic acids is 1. The zero-order chi connectivity index (χ0) is 20.5. The minimum absolute atomic E-state index is 0.0996. The highest BCUT2D eigenvalue weighted by molar-refractivity contribution is 7.18. The first kappa shape index (κ1) is 19.5. The van der Waals surface area contributed by atoms with Gasteiger partial charge in [-0.1, -0.05) is 19.1 Å². The Morgan fingerprint density at radius 2 is 2.03 bits per heavy atom. The molecule has 0 bridgehead atoms. The fourth-order valence-electron chi connectivity index (χ4n) is 2.97. The molecule has 0 aliphatic carbocycles. The second kappa shape index (κ2) is 7.88. The molecule has 0 radical (unpaired) electrons. The summed E-state index contributed by atoms with van der Waals surface area (Å²) in [5, 5.41) is 5.77. The molecular weight excluding hydrogens is 404 g/mol. The molecule has 1 aromatic carbocycles. The van der Waals surface area contributed by atoms with Gasteiger partial charge >= 0.3 is 0 Å². The number of nitrogens with one attached hydrogen (secondary N) is 1. The van der Waals surface area contributed by atoms with Crippen LogP contribution in [0.3, 0.4) is 0 Å². The van der Waals surface area contributed by atoms with E-state index in [1.54, 1.807) is 0 Å². The summed E-state index contributed by atoms with van der Waals surface area (Å²) in [5.41, 5.74) is 4.06. The molecule has 3 heterocycles. The molecule has 0 spiro atoms. The average Bonchev–Trinajstić information content (AvgIpc) is 3.33. The van der Waals surface area contributed by atoms with Crippen molar-refractivity contribution in [3.05, 3.63) is 62.3 Å².